The second-order valence-electron chi connectivity index (χ2n) is 7.66. The Hall–Kier alpha value is -2.14. The van der Waals surface area contributed by atoms with Crippen LogP contribution < -0.4 is 9.22 Å². The van der Waals surface area contributed by atoms with Gasteiger partial charge in [0.05, 0.1) is 0 Å². The van der Waals surface area contributed by atoms with Crippen molar-refractivity contribution in [2.45, 2.75) is 30.9 Å². The second-order valence-corrected chi connectivity index (χ2v) is 11.4. The molecule has 0 aliphatic carbocycles. The molecule has 0 fully saturated rings. The Balaban J connectivity index is 1.89. The topological polar surface area (TPSA) is 72.3 Å². The van der Waals surface area contributed by atoms with Crippen molar-refractivity contribution in [2.75, 3.05) is 7.11 Å². The molecule has 3 rings (SSSR count). The van der Waals surface area contributed by atoms with E-state index in [1.807, 2.05) is 12.1 Å². The maximum atomic E-state index is 14.7. The van der Waals surface area contributed by atoms with Crippen LogP contribution in [-0.2, 0) is 16.6 Å². The average molecular weight is 539 g/mol. The van der Waals surface area contributed by atoms with Crippen molar-refractivity contribution in [3.63, 3.8) is 0 Å². The zero-order chi connectivity index (χ0) is 23.5. The molecule has 32 heavy (non-hydrogen) atoms. The number of aromatic nitrogens is 2. The summed E-state index contributed by atoms with van der Waals surface area (Å²) in [6.07, 6.45) is 0.772. The molecule has 1 atom stereocenters. The molecule has 0 bridgehead atoms. The van der Waals surface area contributed by atoms with Gasteiger partial charge in [-0.05, 0) is 0 Å². The van der Waals surface area contributed by atoms with E-state index in [1.54, 1.807) is 26.0 Å². The molecule has 9 heteroatoms. The molecule has 0 saturated carbocycles. The Morgan fingerprint density at radius 2 is 1.91 bits per heavy atom. The third-order valence-electron chi connectivity index (χ3n) is 5.10. The van der Waals surface area contributed by atoms with Crippen LogP contribution >= 0.6 is 23.2 Å². The molecule has 1 heterocycles. The molecular formula is C23H22AsCl2FN2O3. The van der Waals surface area contributed by atoms with E-state index in [0.717, 1.165) is 21.7 Å². The van der Waals surface area contributed by atoms with Crippen molar-refractivity contribution in [1.29, 1.82) is 0 Å². The Bertz CT molecular complexity index is 1160. The van der Waals surface area contributed by atoms with Crippen LogP contribution in [-0.4, -0.2) is 43.9 Å². The Kier molecular flexibility index (Phi) is 7.81. The first-order valence-electron chi connectivity index (χ1n) is 9.76. The maximum absolute atomic E-state index is 14.7. The van der Waals surface area contributed by atoms with Crippen LogP contribution in [0.25, 0.3) is 11.3 Å². The van der Waals surface area contributed by atoms with Crippen molar-refractivity contribution >= 4 is 49.4 Å². The molecule has 0 spiro atoms. The predicted molar refractivity (Wildman–Crippen MR) is 126 cm³/mol. The zero-order valence-corrected chi connectivity index (χ0v) is 21.4. The number of rotatable bonds is 8. The van der Waals surface area contributed by atoms with E-state index >= 15 is 0 Å². The summed E-state index contributed by atoms with van der Waals surface area (Å²) in [5.74, 6) is -1.49. The molecule has 0 aliphatic heterocycles. The fourth-order valence-corrected chi connectivity index (χ4v) is 5.76. The molecule has 5 nitrogen and oxygen atoms in total. The summed E-state index contributed by atoms with van der Waals surface area (Å²) in [6, 6.07) is 11.6. The number of halogens is 3. The monoisotopic (exact) mass is 538 g/mol. The van der Waals surface area contributed by atoms with Crippen LogP contribution in [0.4, 0.5) is 4.39 Å². The minimum absolute atomic E-state index is 0.146. The summed E-state index contributed by atoms with van der Waals surface area (Å²) in [5, 5.41) is 11.6. The van der Waals surface area contributed by atoms with Crippen molar-refractivity contribution in [1.82, 2.24) is 9.97 Å². The van der Waals surface area contributed by atoms with Gasteiger partial charge >= 0.3 is 203 Å². The van der Waals surface area contributed by atoms with E-state index in [4.69, 9.17) is 27.9 Å². The summed E-state index contributed by atoms with van der Waals surface area (Å²) in [5.41, 5.74) is 0.894. The van der Waals surface area contributed by atoms with Crippen molar-refractivity contribution in [2.24, 2.45) is 0 Å². The number of aryl methyl sites for hydroxylation is 1. The third-order valence-corrected chi connectivity index (χ3v) is 8.04. The molecule has 0 aliphatic rings. The Labute approximate surface area is 202 Å². The molecule has 2 aromatic carbocycles. The zero-order valence-electron chi connectivity index (χ0n) is 17.7. The van der Waals surface area contributed by atoms with Crippen LogP contribution in [0.5, 0.6) is 6.01 Å². The van der Waals surface area contributed by atoms with E-state index in [-0.39, 0.29) is 11.6 Å². The first kappa shape index (κ1) is 24.5. The van der Waals surface area contributed by atoms with Gasteiger partial charge in [0, 0.05) is 0 Å². The number of methoxy groups -OCH3 is 1. The van der Waals surface area contributed by atoms with E-state index in [2.05, 4.69) is 9.97 Å². The standard InChI is InChI=1S/C23H22AsCl2FN2O3/c1-23(2,21(30)31)14-5-7-18(27)16(10-14)19-12-20(29-22(28-19)32-3)24-9-8-13-4-6-15(25)11-17(13)26/h4-7,10-12,24H,8-9H2,1-3H3,(H,30,31). The van der Waals surface area contributed by atoms with Crippen molar-refractivity contribution < 1.29 is 19.0 Å². The number of carboxylic acids is 1. The number of benzene rings is 2. The van der Waals surface area contributed by atoms with E-state index < -0.39 is 33.0 Å². The van der Waals surface area contributed by atoms with Crippen molar-refractivity contribution in [3.05, 3.63) is 69.5 Å². The Morgan fingerprint density at radius 3 is 2.56 bits per heavy atom. The molecule has 0 amide bonds. The van der Waals surface area contributed by atoms with Gasteiger partial charge in [-0.25, -0.2) is 0 Å². The van der Waals surface area contributed by atoms with Gasteiger partial charge in [-0.3, -0.25) is 0 Å². The molecule has 0 saturated heterocycles. The van der Waals surface area contributed by atoms with E-state index in [1.165, 1.54) is 25.3 Å². The van der Waals surface area contributed by atoms with Gasteiger partial charge in [0.25, 0.3) is 0 Å². The summed E-state index contributed by atoms with van der Waals surface area (Å²) in [7, 11) is 1.46. The third kappa shape index (κ3) is 5.61. The van der Waals surface area contributed by atoms with Gasteiger partial charge in [0.15, 0.2) is 0 Å². The first-order chi connectivity index (χ1) is 15.1. The molecular weight excluding hydrogens is 517 g/mol. The first-order valence-corrected chi connectivity index (χ1v) is 13.1. The number of ether oxygens (including phenoxy) is 1. The van der Waals surface area contributed by atoms with Crippen LogP contribution in [0.2, 0.25) is 15.3 Å². The Morgan fingerprint density at radius 1 is 1.16 bits per heavy atom. The molecule has 1 aromatic heterocycles. The molecule has 1 unspecified atom stereocenters. The van der Waals surface area contributed by atoms with Gasteiger partial charge in [-0.1, -0.05) is 0 Å². The van der Waals surface area contributed by atoms with Gasteiger partial charge in [0.1, 0.15) is 0 Å². The summed E-state index contributed by atoms with van der Waals surface area (Å²) >= 11 is 11.5. The van der Waals surface area contributed by atoms with Crippen molar-refractivity contribution in [3.8, 4) is 17.3 Å². The van der Waals surface area contributed by atoms with Gasteiger partial charge in [-0.15, -0.1) is 0 Å². The van der Waals surface area contributed by atoms with E-state index in [0.29, 0.717) is 21.3 Å². The number of hydrogen-bond donors (Lipinski definition) is 1. The van der Waals surface area contributed by atoms with Gasteiger partial charge in [0.2, 0.25) is 0 Å². The summed E-state index contributed by atoms with van der Waals surface area (Å²) < 4.78 is 20.7. The predicted octanol–water partition coefficient (Wildman–Crippen LogP) is 4.68. The van der Waals surface area contributed by atoms with Crippen LogP contribution in [0.1, 0.15) is 25.0 Å². The number of hydrogen-bond acceptors (Lipinski definition) is 4. The second kappa shape index (κ2) is 10.2. The average Bonchev–Trinajstić information content (AvgIpc) is 2.75. The minimum atomic E-state index is -1.17. The van der Waals surface area contributed by atoms with Gasteiger partial charge in [-0.2, -0.15) is 0 Å². The van der Waals surface area contributed by atoms with Crippen LogP contribution in [0.15, 0.2) is 42.5 Å². The van der Waals surface area contributed by atoms with Crippen LogP contribution in [0, 0.1) is 5.82 Å². The van der Waals surface area contributed by atoms with Gasteiger partial charge < -0.3 is 0 Å². The van der Waals surface area contributed by atoms with Crippen LogP contribution in [0.3, 0.4) is 0 Å². The number of carbonyl (C=O) groups is 1. The summed E-state index contributed by atoms with van der Waals surface area (Å²) in [4.78, 5) is 20.4. The summed E-state index contributed by atoms with van der Waals surface area (Å²) in [6.45, 7) is 3.15. The quantitative estimate of drug-likeness (QED) is 0.421. The molecule has 0 radical (unpaired) electrons. The fraction of sp³-hybridized carbons (Fsp3) is 0.261. The van der Waals surface area contributed by atoms with E-state index in [9.17, 15) is 14.3 Å². The normalized spacial score (nSPS) is 11.8. The molecule has 3 aromatic rings. The number of aliphatic carboxylic acids is 1. The molecule has 168 valence electrons. The fourth-order valence-electron chi connectivity index (χ4n) is 3.03. The SMILES string of the molecule is COc1nc([AsH]CCc2ccc(Cl)cc2Cl)cc(-c2cc(C(C)(C)C(=O)O)ccc2F)n1. The number of carboxylic acid groups (broad SMARTS) is 1. The number of nitrogens with zero attached hydrogens (tertiary/aromatic N) is 2. The molecule has 1 N–H and O–H groups in total.